The molecule has 17 heavy (non-hydrogen) atoms. The molecule has 1 aliphatic heterocycles. The van der Waals surface area contributed by atoms with Crippen molar-refractivity contribution in [2.45, 2.75) is 18.9 Å². The zero-order valence-electron chi connectivity index (χ0n) is 9.43. The van der Waals surface area contributed by atoms with Gasteiger partial charge in [-0.2, -0.15) is 9.97 Å². The standard InChI is InChI=1S/C10H15N7/c11-8-7-9(16-10(12)15-8)17(5-14-7)6-2-1-3-13-4-6/h5-6,13H,1-4H2,(H4,11,12,15,16). The summed E-state index contributed by atoms with van der Waals surface area (Å²) in [7, 11) is 0. The van der Waals surface area contributed by atoms with Crippen molar-refractivity contribution >= 4 is 22.9 Å². The van der Waals surface area contributed by atoms with E-state index >= 15 is 0 Å². The van der Waals surface area contributed by atoms with Crippen molar-refractivity contribution in [3.8, 4) is 0 Å². The van der Waals surface area contributed by atoms with Crippen LogP contribution in [0.3, 0.4) is 0 Å². The van der Waals surface area contributed by atoms with Gasteiger partial charge < -0.3 is 21.4 Å². The molecular formula is C10H15N7. The van der Waals surface area contributed by atoms with Crippen LogP contribution >= 0.6 is 0 Å². The predicted octanol–water partition coefficient (Wildman–Crippen LogP) is -0.0848. The van der Waals surface area contributed by atoms with Crippen molar-refractivity contribution in [2.24, 2.45) is 0 Å². The van der Waals surface area contributed by atoms with Gasteiger partial charge in [-0.15, -0.1) is 0 Å². The number of anilines is 2. The van der Waals surface area contributed by atoms with E-state index in [2.05, 4.69) is 20.3 Å². The average Bonchev–Trinajstić information content (AvgIpc) is 2.74. The molecular weight excluding hydrogens is 218 g/mol. The van der Waals surface area contributed by atoms with E-state index in [4.69, 9.17) is 11.5 Å². The van der Waals surface area contributed by atoms with Gasteiger partial charge in [0.15, 0.2) is 11.5 Å². The molecule has 0 amide bonds. The molecule has 90 valence electrons. The number of nitrogens with two attached hydrogens (primary N) is 2. The first kappa shape index (κ1) is 10.3. The fourth-order valence-electron chi connectivity index (χ4n) is 2.29. The Morgan fingerprint density at radius 3 is 3.00 bits per heavy atom. The summed E-state index contributed by atoms with van der Waals surface area (Å²) in [5, 5.41) is 3.36. The maximum absolute atomic E-state index is 5.78. The van der Waals surface area contributed by atoms with Crippen LogP contribution in [0.4, 0.5) is 11.8 Å². The summed E-state index contributed by atoms with van der Waals surface area (Å²) >= 11 is 0. The van der Waals surface area contributed by atoms with E-state index in [0.29, 0.717) is 17.4 Å². The molecule has 3 heterocycles. The number of piperidine rings is 1. The second-order valence-corrected chi connectivity index (χ2v) is 4.29. The Balaban J connectivity index is 2.10. The minimum Gasteiger partial charge on any atom is -0.382 e. The largest absolute Gasteiger partial charge is 0.382 e. The number of nitrogens with one attached hydrogen (secondary N) is 1. The molecule has 2 aromatic heterocycles. The van der Waals surface area contributed by atoms with Gasteiger partial charge in [-0.05, 0) is 19.4 Å². The molecule has 1 aliphatic rings. The van der Waals surface area contributed by atoms with Gasteiger partial charge in [0, 0.05) is 12.6 Å². The summed E-state index contributed by atoms with van der Waals surface area (Å²) < 4.78 is 2.04. The molecule has 1 fully saturated rings. The first-order valence-electron chi connectivity index (χ1n) is 5.72. The van der Waals surface area contributed by atoms with Gasteiger partial charge in [-0.1, -0.05) is 0 Å². The van der Waals surface area contributed by atoms with Crippen molar-refractivity contribution in [1.82, 2.24) is 24.8 Å². The summed E-state index contributed by atoms with van der Waals surface area (Å²) in [6, 6.07) is 0.363. The van der Waals surface area contributed by atoms with Crippen LogP contribution in [-0.4, -0.2) is 32.6 Å². The molecule has 0 bridgehead atoms. The van der Waals surface area contributed by atoms with Crippen LogP contribution < -0.4 is 16.8 Å². The highest BCUT2D eigenvalue weighted by Gasteiger charge is 2.19. The minimum atomic E-state index is 0.195. The molecule has 2 aromatic rings. The van der Waals surface area contributed by atoms with Crippen LogP contribution in [0.2, 0.25) is 0 Å². The molecule has 1 atom stereocenters. The lowest BCUT2D eigenvalue weighted by Crippen LogP contribution is -2.31. The van der Waals surface area contributed by atoms with E-state index in [1.54, 1.807) is 6.33 Å². The molecule has 0 aromatic carbocycles. The number of imidazole rings is 1. The molecule has 7 heteroatoms. The van der Waals surface area contributed by atoms with Crippen LogP contribution in [-0.2, 0) is 0 Å². The Bertz CT molecular complexity index is 541. The van der Waals surface area contributed by atoms with E-state index in [-0.39, 0.29) is 5.95 Å². The van der Waals surface area contributed by atoms with E-state index in [0.717, 1.165) is 31.6 Å². The zero-order valence-corrected chi connectivity index (χ0v) is 9.43. The van der Waals surface area contributed by atoms with Crippen LogP contribution in [0.1, 0.15) is 18.9 Å². The Labute approximate surface area is 98.2 Å². The van der Waals surface area contributed by atoms with Gasteiger partial charge >= 0.3 is 0 Å². The minimum absolute atomic E-state index is 0.195. The molecule has 0 radical (unpaired) electrons. The highest BCUT2D eigenvalue weighted by Crippen LogP contribution is 2.23. The topological polar surface area (TPSA) is 108 Å². The van der Waals surface area contributed by atoms with Gasteiger partial charge in [0.2, 0.25) is 5.95 Å². The first-order chi connectivity index (χ1) is 8.25. The fraction of sp³-hybridized carbons (Fsp3) is 0.500. The lowest BCUT2D eigenvalue weighted by Gasteiger charge is -2.24. The highest BCUT2D eigenvalue weighted by atomic mass is 15.2. The molecule has 1 saturated heterocycles. The van der Waals surface area contributed by atoms with Crippen molar-refractivity contribution in [3.05, 3.63) is 6.33 Å². The molecule has 1 unspecified atom stereocenters. The number of nitrogens with zero attached hydrogens (tertiary/aromatic N) is 4. The Kier molecular flexibility index (Phi) is 2.32. The van der Waals surface area contributed by atoms with Crippen LogP contribution in [0.25, 0.3) is 11.2 Å². The summed E-state index contributed by atoms with van der Waals surface area (Å²) in [6.07, 6.45) is 4.04. The number of nitrogen functional groups attached to an aromatic ring is 2. The third-order valence-corrected chi connectivity index (χ3v) is 3.13. The van der Waals surface area contributed by atoms with Gasteiger partial charge in [0.1, 0.15) is 5.52 Å². The van der Waals surface area contributed by atoms with Crippen molar-refractivity contribution < 1.29 is 0 Å². The van der Waals surface area contributed by atoms with Crippen LogP contribution in [0, 0.1) is 0 Å². The van der Waals surface area contributed by atoms with E-state index in [1.807, 2.05) is 4.57 Å². The van der Waals surface area contributed by atoms with Crippen LogP contribution in [0.5, 0.6) is 0 Å². The normalized spacial score (nSPS) is 20.8. The van der Waals surface area contributed by atoms with Crippen LogP contribution in [0.15, 0.2) is 6.33 Å². The molecule has 5 N–H and O–H groups in total. The SMILES string of the molecule is Nc1nc(N)c2ncn(C3CCCNC3)c2n1. The molecule has 0 aliphatic carbocycles. The van der Waals surface area contributed by atoms with E-state index in [9.17, 15) is 0 Å². The van der Waals surface area contributed by atoms with Crippen molar-refractivity contribution in [2.75, 3.05) is 24.6 Å². The summed E-state index contributed by atoms with van der Waals surface area (Å²) in [5.41, 5.74) is 12.8. The first-order valence-corrected chi connectivity index (χ1v) is 5.72. The Morgan fingerprint density at radius 1 is 1.35 bits per heavy atom. The smallest absolute Gasteiger partial charge is 0.224 e. The van der Waals surface area contributed by atoms with E-state index in [1.165, 1.54) is 0 Å². The Hall–Kier alpha value is -1.89. The van der Waals surface area contributed by atoms with Gasteiger partial charge in [-0.25, -0.2) is 4.98 Å². The second-order valence-electron chi connectivity index (χ2n) is 4.29. The number of hydrogen-bond acceptors (Lipinski definition) is 6. The summed E-state index contributed by atoms with van der Waals surface area (Å²) in [5.74, 6) is 0.538. The molecule has 0 saturated carbocycles. The maximum atomic E-state index is 5.78. The quantitative estimate of drug-likeness (QED) is 0.635. The maximum Gasteiger partial charge on any atom is 0.224 e. The predicted molar refractivity (Wildman–Crippen MR) is 65.3 cm³/mol. The summed E-state index contributed by atoms with van der Waals surface area (Å²) in [6.45, 7) is 2.00. The fourth-order valence-corrected chi connectivity index (χ4v) is 2.29. The highest BCUT2D eigenvalue weighted by molar-refractivity contribution is 5.82. The molecule has 0 spiro atoms. The third kappa shape index (κ3) is 1.68. The molecule has 7 nitrogen and oxygen atoms in total. The zero-order chi connectivity index (χ0) is 11.8. The van der Waals surface area contributed by atoms with Crippen molar-refractivity contribution in [3.63, 3.8) is 0 Å². The van der Waals surface area contributed by atoms with Gasteiger partial charge in [-0.3, -0.25) is 0 Å². The average molecular weight is 233 g/mol. The van der Waals surface area contributed by atoms with Gasteiger partial charge in [0.25, 0.3) is 0 Å². The van der Waals surface area contributed by atoms with Crippen molar-refractivity contribution in [1.29, 1.82) is 0 Å². The number of aromatic nitrogens is 4. The lowest BCUT2D eigenvalue weighted by molar-refractivity contribution is 0.376. The Morgan fingerprint density at radius 2 is 2.24 bits per heavy atom. The number of hydrogen-bond donors (Lipinski definition) is 3. The third-order valence-electron chi connectivity index (χ3n) is 3.13. The number of fused-ring (bicyclic) bond motifs is 1. The monoisotopic (exact) mass is 233 g/mol. The van der Waals surface area contributed by atoms with E-state index < -0.39 is 0 Å². The molecule has 3 rings (SSSR count). The summed E-state index contributed by atoms with van der Waals surface area (Å²) in [4.78, 5) is 12.4. The lowest BCUT2D eigenvalue weighted by atomic mass is 10.1. The second kappa shape index (κ2) is 3.85. The number of rotatable bonds is 1. The van der Waals surface area contributed by atoms with Gasteiger partial charge in [0.05, 0.1) is 6.33 Å².